The van der Waals surface area contributed by atoms with E-state index in [1.165, 1.54) is 67.0 Å². The molecule has 5 heterocycles. The zero-order valence-corrected chi connectivity index (χ0v) is 34.6. The Kier molecular flexibility index (Phi) is 16.1. The topological polar surface area (TPSA) is 275 Å². The molecule has 53 heavy (non-hydrogen) atoms. The van der Waals surface area contributed by atoms with Crippen LogP contribution in [0.25, 0.3) is 43.9 Å². The Balaban J connectivity index is 0.000000216. The molecule has 5 aromatic heterocycles. The quantitative estimate of drug-likeness (QED) is 0.0525. The molecule has 5 N–H and O–H groups in total. The number of nitrogens with one attached hydrogen (secondary N) is 1. The van der Waals surface area contributed by atoms with E-state index in [9.17, 15) is 9.59 Å². The number of aromatic amines is 1. The normalized spacial score (nSPS) is 10.9. The smallest absolute Gasteiger partial charge is 0.270 e. The summed E-state index contributed by atoms with van der Waals surface area (Å²) in [6.07, 6.45) is 7.50. The van der Waals surface area contributed by atoms with Crippen LogP contribution in [0.4, 0.5) is 11.9 Å². The minimum absolute atomic E-state index is 0.0934. The molecule has 5 aromatic rings. The number of nitrogen functional groups attached to an aromatic ring is 2. The maximum Gasteiger partial charge on any atom is 0.270 e. The zero-order valence-electron chi connectivity index (χ0n) is 31.7. The molecule has 0 atom stereocenters. The average molecular weight is 834 g/mol. The molecule has 18 nitrogen and oxygen atoms in total. The standard InChI is InChI=1S/C11H12N8O.C11H11N5O.3C4H9.N3.Sn/c1-3-19-9-6(5(2)13-11(12)14-9)4-7(10(19)20)8-15-17-18-16-8;1-3-16-9-8(4-7(5-12)10(16)17)6(2)14-11(13)15-9;3*1-3-4-2;1-3-2;/h4H,3H2,1-2H3,(H2,12,13,14)(H,15,16,17,18);4H,3H2,1-2H3,(H2,13,14,15);3*1,3-4H2,2H3;;/q;;;;;-1;+1. The SMILES string of the molecule is CCC[CH2][Sn]([CH2]CCC)([CH2]CCC)[N]=[N+]=[N-].CCn1c(=O)c(-c2nn[nH]n2)cc2c(C)nc(N)nc21.CCn1c(=O)c(C#N)cc2c(C)nc(N)nc21. The number of fused-ring (bicyclic) bond motifs is 2. The Morgan fingerprint density at radius 1 is 0.830 bits per heavy atom. The van der Waals surface area contributed by atoms with Crippen molar-refractivity contribution in [2.45, 2.75) is 113 Å². The van der Waals surface area contributed by atoms with E-state index in [-0.39, 0.29) is 34.4 Å². The summed E-state index contributed by atoms with van der Waals surface area (Å²) in [5.74, 6) is 0.514. The third-order valence-electron chi connectivity index (χ3n) is 8.89. The monoisotopic (exact) mass is 834 g/mol. The van der Waals surface area contributed by atoms with Gasteiger partial charge in [0.05, 0.1) is 17.0 Å². The third-order valence-corrected chi connectivity index (χ3v) is 21.4. The first-order chi connectivity index (χ1) is 25.4. The van der Waals surface area contributed by atoms with Gasteiger partial charge in [0.15, 0.2) is 0 Å². The number of pyridine rings is 2. The number of azide groups is 1. The molecule has 0 amide bonds. The number of nitrogens with two attached hydrogens (primary N) is 2. The molecule has 0 aromatic carbocycles. The zero-order chi connectivity index (χ0) is 39.1. The van der Waals surface area contributed by atoms with E-state index in [4.69, 9.17) is 22.3 Å². The van der Waals surface area contributed by atoms with Crippen molar-refractivity contribution in [3.05, 3.63) is 60.2 Å². The number of aryl methyl sites for hydroxylation is 4. The van der Waals surface area contributed by atoms with Gasteiger partial charge in [0, 0.05) is 23.9 Å². The van der Waals surface area contributed by atoms with Crippen LogP contribution in [-0.2, 0) is 13.1 Å². The summed E-state index contributed by atoms with van der Waals surface area (Å²) in [5.41, 5.74) is 22.2. The second kappa shape index (κ2) is 20.2. The molecule has 0 aliphatic rings. The van der Waals surface area contributed by atoms with Crippen LogP contribution in [-0.4, -0.2) is 68.3 Å². The van der Waals surface area contributed by atoms with Crippen molar-refractivity contribution in [2.24, 2.45) is 3.34 Å². The van der Waals surface area contributed by atoms with Crippen molar-refractivity contribution in [1.29, 1.82) is 5.26 Å². The van der Waals surface area contributed by atoms with E-state index in [0.717, 1.165) is 5.39 Å². The maximum atomic E-state index is 12.5. The number of hydrogen-bond donors (Lipinski definition) is 3. The fourth-order valence-electron chi connectivity index (χ4n) is 6.06. The van der Waals surface area contributed by atoms with Crippen molar-refractivity contribution >= 4 is 52.6 Å². The first-order valence-corrected chi connectivity index (χ1v) is 25.3. The van der Waals surface area contributed by atoms with Gasteiger partial charge in [-0.1, -0.05) is 0 Å². The van der Waals surface area contributed by atoms with Gasteiger partial charge >= 0.3 is 105 Å². The molecule has 19 heteroatoms. The van der Waals surface area contributed by atoms with Gasteiger partial charge in [0.25, 0.3) is 11.1 Å². The molecule has 0 saturated heterocycles. The Morgan fingerprint density at radius 2 is 1.32 bits per heavy atom. The molecule has 0 unspecified atom stereocenters. The van der Waals surface area contributed by atoms with Gasteiger partial charge in [-0.3, -0.25) is 18.7 Å². The predicted octanol–water partition coefficient (Wildman–Crippen LogP) is 6.10. The first-order valence-electron chi connectivity index (χ1n) is 18.0. The van der Waals surface area contributed by atoms with Crippen LogP contribution in [0, 0.1) is 25.2 Å². The molecule has 282 valence electrons. The number of H-pyrrole nitrogens is 1. The van der Waals surface area contributed by atoms with E-state index >= 15 is 0 Å². The average Bonchev–Trinajstić information content (AvgIpc) is 3.67. The number of anilines is 2. The molecule has 0 aliphatic carbocycles. The van der Waals surface area contributed by atoms with Crippen molar-refractivity contribution in [1.82, 2.24) is 49.7 Å². The summed E-state index contributed by atoms with van der Waals surface area (Å²) in [7, 11) is 0. The van der Waals surface area contributed by atoms with Crippen LogP contribution in [0.1, 0.15) is 90.1 Å². The summed E-state index contributed by atoms with van der Waals surface area (Å²) in [5, 5.41) is 23.8. The van der Waals surface area contributed by atoms with Gasteiger partial charge in [-0.2, -0.15) is 20.4 Å². The predicted molar refractivity (Wildman–Crippen MR) is 209 cm³/mol. The van der Waals surface area contributed by atoms with Gasteiger partial charge in [-0.25, -0.2) is 9.97 Å². The Bertz CT molecular complexity index is 2180. The Labute approximate surface area is 312 Å². The van der Waals surface area contributed by atoms with Crippen LogP contribution < -0.4 is 22.6 Å². The van der Waals surface area contributed by atoms with Crippen molar-refractivity contribution in [3.8, 4) is 17.5 Å². The van der Waals surface area contributed by atoms with E-state index in [1.807, 2.05) is 26.8 Å². The van der Waals surface area contributed by atoms with Gasteiger partial charge < -0.3 is 11.5 Å². The fourth-order valence-corrected chi connectivity index (χ4v) is 18.3. The summed E-state index contributed by atoms with van der Waals surface area (Å²) in [6, 6.07) is 5.07. The third kappa shape index (κ3) is 10.5. The second-order valence-electron chi connectivity index (χ2n) is 12.6. The van der Waals surface area contributed by atoms with Gasteiger partial charge in [-0.15, -0.1) is 10.2 Å². The number of hydrogen-bond acceptors (Lipinski definition) is 13. The van der Waals surface area contributed by atoms with Crippen LogP contribution in [0.5, 0.6) is 0 Å². The number of nitriles is 1. The molecule has 5 rings (SSSR count). The van der Waals surface area contributed by atoms with Crippen molar-refractivity contribution in [3.63, 3.8) is 0 Å². The summed E-state index contributed by atoms with van der Waals surface area (Å²) in [4.78, 5) is 43.9. The summed E-state index contributed by atoms with van der Waals surface area (Å²) < 4.78 is 11.1. The van der Waals surface area contributed by atoms with E-state index < -0.39 is 18.7 Å². The maximum absolute atomic E-state index is 12.5. The first kappa shape index (κ1) is 42.3. The van der Waals surface area contributed by atoms with Gasteiger partial charge in [0.2, 0.25) is 17.7 Å². The molecule has 0 radical (unpaired) electrons. The van der Waals surface area contributed by atoms with Crippen molar-refractivity contribution < 1.29 is 0 Å². The largest absolute Gasteiger partial charge is 0.368 e. The van der Waals surface area contributed by atoms with E-state index in [1.54, 1.807) is 13.0 Å². The number of aromatic nitrogens is 10. The minimum atomic E-state index is -2.45. The Morgan fingerprint density at radius 3 is 1.74 bits per heavy atom. The summed E-state index contributed by atoms with van der Waals surface area (Å²) in [6.45, 7) is 14.8. The molecule has 0 spiro atoms. The molecule has 0 saturated carbocycles. The van der Waals surface area contributed by atoms with E-state index in [0.29, 0.717) is 46.7 Å². The second-order valence-corrected chi connectivity index (χ2v) is 24.4. The van der Waals surface area contributed by atoms with Crippen LogP contribution in [0.3, 0.4) is 0 Å². The van der Waals surface area contributed by atoms with Crippen LogP contribution in [0.15, 0.2) is 25.1 Å². The Hall–Kier alpha value is -5.15. The number of nitrogens with zero attached hydrogens (tertiary/aromatic N) is 13. The van der Waals surface area contributed by atoms with Gasteiger partial charge in [-0.05, 0) is 45.0 Å². The number of unbranched alkanes of at least 4 members (excludes halogenated alkanes) is 3. The van der Waals surface area contributed by atoms with Crippen LogP contribution in [0.2, 0.25) is 13.3 Å². The summed E-state index contributed by atoms with van der Waals surface area (Å²) >= 11 is -2.45. The number of tetrazole rings is 1. The van der Waals surface area contributed by atoms with Crippen LogP contribution >= 0.6 is 0 Å². The molecule has 0 bridgehead atoms. The van der Waals surface area contributed by atoms with E-state index in [2.05, 4.69) is 69.6 Å². The minimum Gasteiger partial charge on any atom is -0.368 e. The molecular formula is C34H50N16O2Sn. The van der Waals surface area contributed by atoms with Gasteiger partial charge in [0.1, 0.15) is 22.9 Å². The number of rotatable bonds is 13. The molecule has 0 fully saturated rings. The fraction of sp³-hybridized carbons (Fsp3) is 0.529. The molecule has 0 aliphatic heterocycles. The van der Waals surface area contributed by atoms with Crippen molar-refractivity contribution in [2.75, 3.05) is 11.5 Å². The molecular weight excluding hydrogens is 783 g/mol.